The van der Waals surface area contributed by atoms with Crippen molar-refractivity contribution in [3.63, 3.8) is 0 Å². The number of rotatable bonds is 3. The molecule has 0 aliphatic rings. The molecular formula is C4H5NO2P+. The summed E-state index contributed by atoms with van der Waals surface area (Å²) in [6.07, 6.45) is 1.44. The van der Waals surface area contributed by atoms with Crippen molar-refractivity contribution in [3.8, 4) is 5.81 Å². The Hall–Kier alpha value is -0.710. The van der Waals surface area contributed by atoms with E-state index in [1.807, 2.05) is 0 Å². The molecule has 42 valence electrons. The minimum atomic E-state index is -2.10. The molecule has 0 aromatic heterocycles. The molecule has 0 bridgehead atoms. The van der Waals surface area contributed by atoms with Gasteiger partial charge in [0.2, 0.25) is 0 Å². The van der Waals surface area contributed by atoms with E-state index in [0.29, 0.717) is 0 Å². The third-order valence-electron chi connectivity index (χ3n) is 0.391. The van der Waals surface area contributed by atoms with E-state index in [9.17, 15) is 4.57 Å². The fraction of sp³-hybridized carbons (Fsp3) is 0.250. The molecule has 0 spiro atoms. The maximum absolute atomic E-state index is 10.1. The van der Waals surface area contributed by atoms with Crippen LogP contribution in [0.3, 0.4) is 0 Å². The van der Waals surface area contributed by atoms with Gasteiger partial charge in [-0.2, -0.15) is 0 Å². The van der Waals surface area contributed by atoms with Gasteiger partial charge in [0, 0.05) is 0 Å². The summed E-state index contributed by atoms with van der Waals surface area (Å²) < 4.78 is 14.5. The second kappa shape index (κ2) is 4.45. The van der Waals surface area contributed by atoms with Crippen LogP contribution in [-0.2, 0) is 9.09 Å². The van der Waals surface area contributed by atoms with Crippen LogP contribution in [0.5, 0.6) is 0 Å². The zero-order chi connectivity index (χ0) is 6.41. The lowest BCUT2D eigenvalue weighted by Gasteiger charge is -1.71. The van der Waals surface area contributed by atoms with E-state index < -0.39 is 8.03 Å². The van der Waals surface area contributed by atoms with Crippen molar-refractivity contribution in [2.45, 2.75) is 0 Å². The van der Waals surface area contributed by atoms with E-state index in [1.165, 1.54) is 11.9 Å². The monoisotopic (exact) mass is 130 g/mol. The normalized spacial score (nSPS) is 9.62. The topological polar surface area (TPSA) is 50.1 Å². The Balaban J connectivity index is 3.29. The van der Waals surface area contributed by atoms with Gasteiger partial charge < -0.3 is 0 Å². The summed E-state index contributed by atoms with van der Waals surface area (Å²) in [5.41, 5.74) is 0. The molecule has 0 saturated heterocycles. The summed E-state index contributed by atoms with van der Waals surface area (Å²) in [5, 5.41) is 7.87. The number of nitrogens with zero attached hydrogens (tertiary/aromatic N) is 1. The first-order chi connectivity index (χ1) is 3.81. The standard InChI is InChI=1S/C4H5NO2P/c1-2-3-7-8(6)4-5/h2H,1,3H2/q+1. The lowest BCUT2D eigenvalue weighted by molar-refractivity contribution is 0.379. The maximum Gasteiger partial charge on any atom is 0.632 e. The van der Waals surface area contributed by atoms with Crippen LogP contribution in [0.4, 0.5) is 0 Å². The Labute approximate surface area is 48.4 Å². The van der Waals surface area contributed by atoms with Crippen LogP contribution in [0.15, 0.2) is 12.7 Å². The van der Waals surface area contributed by atoms with Gasteiger partial charge in [-0.15, -0.1) is 16.4 Å². The molecule has 0 N–H and O–H groups in total. The third-order valence-corrected chi connectivity index (χ3v) is 0.938. The second-order valence-corrected chi connectivity index (χ2v) is 1.91. The third kappa shape index (κ3) is 3.48. The summed E-state index contributed by atoms with van der Waals surface area (Å²) >= 11 is 0. The SMILES string of the molecule is C=CCO[P+](=O)C#N. The molecular weight excluding hydrogens is 125 g/mol. The Kier molecular flexibility index (Phi) is 4.05. The van der Waals surface area contributed by atoms with Gasteiger partial charge in [-0.25, -0.2) is 0 Å². The molecule has 1 unspecified atom stereocenters. The molecule has 3 nitrogen and oxygen atoms in total. The van der Waals surface area contributed by atoms with E-state index in [2.05, 4.69) is 11.1 Å². The van der Waals surface area contributed by atoms with E-state index >= 15 is 0 Å². The molecule has 0 heterocycles. The largest absolute Gasteiger partial charge is 0.632 e. The fourth-order valence-electron chi connectivity index (χ4n) is 0.149. The van der Waals surface area contributed by atoms with Crippen LogP contribution in [0.1, 0.15) is 0 Å². The van der Waals surface area contributed by atoms with Crippen LogP contribution in [0.2, 0.25) is 0 Å². The van der Waals surface area contributed by atoms with Crippen LogP contribution < -0.4 is 0 Å². The molecule has 0 aliphatic heterocycles. The zero-order valence-electron chi connectivity index (χ0n) is 4.20. The van der Waals surface area contributed by atoms with Crippen molar-refractivity contribution in [3.05, 3.63) is 12.7 Å². The van der Waals surface area contributed by atoms with Crippen LogP contribution in [-0.4, -0.2) is 6.61 Å². The maximum atomic E-state index is 10.1. The Morgan fingerprint density at radius 3 is 3.00 bits per heavy atom. The number of hydrogen-bond donors (Lipinski definition) is 0. The van der Waals surface area contributed by atoms with Gasteiger partial charge in [0.05, 0.1) is 0 Å². The number of nitriles is 1. The minimum Gasteiger partial charge on any atom is -0.136 e. The van der Waals surface area contributed by atoms with Gasteiger partial charge in [-0.1, -0.05) is 6.08 Å². The highest BCUT2D eigenvalue weighted by Gasteiger charge is 2.13. The van der Waals surface area contributed by atoms with Gasteiger partial charge in [-0.3, -0.25) is 0 Å². The predicted octanol–water partition coefficient (Wildman–Crippen LogP) is 1.41. The number of hydrogen-bond acceptors (Lipinski definition) is 3. The average Bonchev–Trinajstić information content (AvgIpc) is 1.83. The highest BCUT2D eigenvalue weighted by molar-refractivity contribution is 7.44. The average molecular weight is 130 g/mol. The molecule has 0 fully saturated rings. The smallest absolute Gasteiger partial charge is 0.136 e. The minimum absolute atomic E-state index is 0.169. The quantitative estimate of drug-likeness (QED) is 0.428. The summed E-state index contributed by atoms with van der Waals surface area (Å²) in [6.45, 7) is 3.47. The first kappa shape index (κ1) is 7.29. The molecule has 0 amide bonds. The zero-order valence-corrected chi connectivity index (χ0v) is 5.10. The first-order valence-electron chi connectivity index (χ1n) is 1.92. The van der Waals surface area contributed by atoms with E-state index in [0.717, 1.165) is 0 Å². The second-order valence-electron chi connectivity index (χ2n) is 0.942. The lowest BCUT2D eigenvalue weighted by atomic mass is 10.7. The summed E-state index contributed by atoms with van der Waals surface area (Å²) in [6, 6.07) is 0. The van der Waals surface area contributed by atoms with E-state index in [4.69, 9.17) is 5.26 Å². The molecule has 0 rings (SSSR count). The summed E-state index contributed by atoms with van der Waals surface area (Å²) in [5.74, 6) is 1.44. The predicted molar refractivity (Wildman–Crippen MR) is 29.4 cm³/mol. The van der Waals surface area contributed by atoms with Crippen molar-refractivity contribution in [1.82, 2.24) is 0 Å². The van der Waals surface area contributed by atoms with Crippen molar-refractivity contribution < 1.29 is 9.09 Å². The van der Waals surface area contributed by atoms with Crippen molar-refractivity contribution in [1.29, 1.82) is 5.26 Å². The van der Waals surface area contributed by atoms with Crippen LogP contribution in [0, 0.1) is 11.1 Å². The van der Waals surface area contributed by atoms with Crippen molar-refractivity contribution in [2.24, 2.45) is 0 Å². The summed E-state index contributed by atoms with van der Waals surface area (Å²) in [4.78, 5) is 0. The highest BCUT2D eigenvalue weighted by atomic mass is 31.1. The van der Waals surface area contributed by atoms with Crippen LogP contribution >= 0.6 is 8.03 Å². The van der Waals surface area contributed by atoms with Gasteiger partial charge in [0.1, 0.15) is 6.61 Å². The van der Waals surface area contributed by atoms with E-state index in [-0.39, 0.29) is 6.61 Å². The molecule has 4 heteroatoms. The van der Waals surface area contributed by atoms with Gasteiger partial charge in [-0.05, 0) is 4.57 Å². The Bertz CT molecular complexity index is 137. The van der Waals surface area contributed by atoms with Crippen LogP contribution in [0.25, 0.3) is 0 Å². The molecule has 0 aliphatic carbocycles. The van der Waals surface area contributed by atoms with Crippen molar-refractivity contribution >= 4 is 8.03 Å². The molecule has 8 heavy (non-hydrogen) atoms. The lowest BCUT2D eigenvalue weighted by Crippen LogP contribution is -1.74. The molecule has 0 saturated carbocycles. The Morgan fingerprint density at radius 1 is 2.00 bits per heavy atom. The van der Waals surface area contributed by atoms with Gasteiger partial charge >= 0.3 is 13.8 Å². The molecule has 0 aromatic rings. The summed E-state index contributed by atoms with van der Waals surface area (Å²) in [7, 11) is -2.10. The molecule has 0 aromatic carbocycles. The molecule has 1 atom stereocenters. The molecule has 0 radical (unpaired) electrons. The highest BCUT2D eigenvalue weighted by Crippen LogP contribution is 2.17. The fourth-order valence-corrected chi connectivity index (χ4v) is 0.448. The first-order valence-corrected chi connectivity index (χ1v) is 3.10. The van der Waals surface area contributed by atoms with Gasteiger partial charge in [0.25, 0.3) is 0 Å². The Morgan fingerprint density at radius 2 is 2.62 bits per heavy atom. The van der Waals surface area contributed by atoms with E-state index in [1.54, 1.807) is 0 Å². The van der Waals surface area contributed by atoms with Crippen molar-refractivity contribution in [2.75, 3.05) is 6.61 Å². The van der Waals surface area contributed by atoms with Gasteiger partial charge in [0.15, 0.2) is 0 Å².